The van der Waals surface area contributed by atoms with Gasteiger partial charge in [0.1, 0.15) is 20.2 Å². The molecule has 0 unspecified atom stereocenters. The van der Waals surface area contributed by atoms with Crippen molar-refractivity contribution in [1.29, 1.82) is 0 Å². The van der Waals surface area contributed by atoms with Gasteiger partial charge in [-0.05, 0) is 0 Å². The molecule has 31 heavy (non-hydrogen) atoms. The normalized spacial score (nSPS) is 12.2. The summed E-state index contributed by atoms with van der Waals surface area (Å²) in [6.45, 7) is -3.38. The summed E-state index contributed by atoms with van der Waals surface area (Å²) in [5.41, 5.74) is 0. The summed E-state index contributed by atoms with van der Waals surface area (Å²) in [6, 6.07) is 0. The number of aliphatic hydroxyl groups excluding tert-OH is 3. The van der Waals surface area contributed by atoms with Gasteiger partial charge in [-0.1, -0.05) is 0 Å². The summed E-state index contributed by atoms with van der Waals surface area (Å²) in [7, 11) is -14.3. The van der Waals surface area contributed by atoms with Crippen molar-refractivity contribution >= 4 is 48.2 Å². The summed E-state index contributed by atoms with van der Waals surface area (Å²) in [5, 5.41) is 28.0. The molecule has 0 saturated carbocycles. The van der Waals surface area contributed by atoms with Crippen LogP contribution in [-0.4, -0.2) is 107 Å². The quantitative estimate of drug-likeness (QED) is 0.0846. The van der Waals surface area contributed by atoms with Crippen LogP contribution in [0.2, 0.25) is 0 Å². The first-order valence-electron chi connectivity index (χ1n) is 7.27. The van der Waals surface area contributed by atoms with Gasteiger partial charge in [-0.3, -0.25) is 13.7 Å². The molecule has 18 nitrogen and oxygen atoms in total. The fraction of sp³-hybridized carbons (Fsp3) is 0.667. The Morgan fingerprint density at radius 1 is 0.548 bits per heavy atom. The summed E-state index contributed by atoms with van der Waals surface area (Å²) < 4.78 is 93.5. The van der Waals surface area contributed by atoms with E-state index in [9.17, 15) is 40.6 Å². The molecular formula is C9H18N6NaO12S3+. The van der Waals surface area contributed by atoms with Crippen LogP contribution in [0.5, 0.6) is 0 Å². The maximum Gasteiger partial charge on any atom is 1.00 e. The van der Waals surface area contributed by atoms with Crippen molar-refractivity contribution in [2.45, 2.75) is 0 Å². The Balaban J connectivity index is 0.00000900. The van der Waals surface area contributed by atoms with Crippen LogP contribution in [-0.2, 0) is 30.4 Å². The van der Waals surface area contributed by atoms with Gasteiger partial charge in [0, 0.05) is 0 Å². The molecule has 22 heteroatoms. The topological polar surface area (TPSA) is 272 Å². The van der Waals surface area contributed by atoms with Gasteiger partial charge in [0.15, 0.2) is 17.6 Å². The average molecular weight is 521 g/mol. The van der Waals surface area contributed by atoms with Crippen molar-refractivity contribution in [3.63, 3.8) is 0 Å². The third kappa shape index (κ3) is 10.9. The summed E-state index contributed by atoms with van der Waals surface area (Å²) in [6.07, 6.45) is 0. The first-order valence-corrected chi connectivity index (χ1v) is 12.1. The Morgan fingerprint density at radius 2 is 0.742 bits per heavy atom. The molecule has 0 aliphatic heterocycles. The molecule has 1 aromatic heterocycles. The van der Waals surface area contributed by atoms with Gasteiger partial charge in [-0.25, -0.2) is 0 Å². The monoisotopic (exact) mass is 521 g/mol. The zero-order chi connectivity index (χ0) is 23.3. The summed E-state index contributed by atoms with van der Waals surface area (Å²) in [5.74, 6) is -6.17. The van der Waals surface area contributed by atoms with E-state index in [1.807, 2.05) is 0 Å². The van der Waals surface area contributed by atoms with Crippen molar-refractivity contribution in [3.8, 4) is 0 Å². The Bertz CT molecular complexity index is 906. The molecule has 174 valence electrons. The SMILES string of the molecule is O=S(=O)(O)CN(CO)c1nc(N(CO)CS(=O)(=O)O)nc(N(CO)CS(=O)(=O)O)n1.[Na+]. The molecule has 0 saturated heterocycles. The van der Waals surface area contributed by atoms with Gasteiger partial charge in [0.05, 0.1) is 0 Å². The number of hydrogen-bond acceptors (Lipinski definition) is 15. The third-order valence-corrected chi connectivity index (χ3v) is 4.83. The molecule has 1 rings (SSSR count). The van der Waals surface area contributed by atoms with Gasteiger partial charge in [-0.15, -0.1) is 0 Å². The maximum absolute atomic E-state index is 11.1. The minimum atomic E-state index is -4.75. The number of aliphatic hydroxyl groups is 3. The molecule has 6 N–H and O–H groups in total. The second-order valence-electron chi connectivity index (χ2n) is 5.41. The Kier molecular flexibility index (Phi) is 11.4. The molecule has 0 spiro atoms. The molecule has 0 amide bonds. The van der Waals surface area contributed by atoms with Crippen LogP contribution in [0, 0.1) is 0 Å². The molecule has 0 atom stereocenters. The van der Waals surface area contributed by atoms with Crippen LogP contribution in [0.4, 0.5) is 17.8 Å². The zero-order valence-corrected chi connectivity index (χ0v) is 20.2. The van der Waals surface area contributed by atoms with Crippen molar-refractivity contribution in [2.24, 2.45) is 0 Å². The fourth-order valence-corrected chi connectivity index (χ4v) is 3.62. The van der Waals surface area contributed by atoms with Crippen LogP contribution in [0.25, 0.3) is 0 Å². The van der Waals surface area contributed by atoms with E-state index in [2.05, 4.69) is 15.0 Å². The summed E-state index contributed by atoms with van der Waals surface area (Å²) >= 11 is 0. The molecule has 0 aliphatic carbocycles. The Labute approximate surface area is 198 Å². The van der Waals surface area contributed by atoms with Crippen LogP contribution in [0.1, 0.15) is 0 Å². The zero-order valence-electron chi connectivity index (χ0n) is 15.8. The van der Waals surface area contributed by atoms with Crippen LogP contribution < -0.4 is 44.3 Å². The van der Waals surface area contributed by atoms with Gasteiger partial charge < -0.3 is 30.0 Å². The number of rotatable bonds is 12. The molecule has 1 aromatic rings. The van der Waals surface area contributed by atoms with Gasteiger partial charge >= 0.3 is 29.6 Å². The van der Waals surface area contributed by atoms with Gasteiger partial charge in [-0.2, -0.15) is 40.2 Å². The van der Waals surface area contributed by atoms with Crippen molar-refractivity contribution in [2.75, 3.05) is 52.5 Å². The third-order valence-electron chi connectivity index (χ3n) is 2.92. The second kappa shape index (κ2) is 11.8. The molecule has 0 aliphatic rings. The Morgan fingerprint density at radius 3 is 0.871 bits per heavy atom. The van der Waals surface area contributed by atoms with E-state index in [4.69, 9.17) is 13.7 Å². The molecular weight excluding hydrogens is 503 g/mol. The van der Waals surface area contributed by atoms with Crippen molar-refractivity contribution in [3.05, 3.63) is 0 Å². The van der Waals surface area contributed by atoms with E-state index in [1.54, 1.807) is 0 Å². The molecule has 0 aromatic carbocycles. The van der Waals surface area contributed by atoms with Crippen LogP contribution >= 0.6 is 0 Å². The average Bonchev–Trinajstić information content (AvgIpc) is 2.59. The number of nitrogens with zero attached hydrogens (tertiary/aromatic N) is 6. The molecule has 0 bridgehead atoms. The standard InChI is InChI=1S/C9H18N6O12S3.Na/c16-1-13(4-28(19,20)21)7-10-8(14(2-17)5-29(22,23)24)12-9(11-7)15(3-18)6-30(25,26)27;/h16-18H,1-6H2,(H,19,20,21)(H,22,23,24)(H,25,26,27);/q;+1. The first-order chi connectivity index (χ1) is 13.6. The predicted octanol–water partition coefficient (Wildman–Crippen LogP) is -7.32. The number of aromatic nitrogens is 3. The molecule has 0 radical (unpaired) electrons. The Hall–Kier alpha value is -0.980. The minimum absolute atomic E-state index is 0. The summed E-state index contributed by atoms with van der Waals surface area (Å²) in [4.78, 5) is 12.0. The van der Waals surface area contributed by atoms with E-state index >= 15 is 0 Å². The maximum atomic E-state index is 11.1. The van der Waals surface area contributed by atoms with E-state index in [0.717, 1.165) is 0 Å². The first kappa shape index (κ1) is 30.0. The predicted molar refractivity (Wildman–Crippen MR) is 97.8 cm³/mol. The molecule has 0 fully saturated rings. The smallest absolute Gasteiger partial charge is 0.376 e. The van der Waals surface area contributed by atoms with Gasteiger partial charge in [0.25, 0.3) is 30.4 Å². The minimum Gasteiger partial charge on any atom is -0.376 e. The fourth-order valence-electron chi connectivity index (χ4n) is 1.84. The largest absolute Gasteiger partial charge is 1.00 e. The van der Waals surface area contributed by atoms with E-state index in [0.29, 0.717) is 14.7 Å². The van der Waals surface area contributed by atoms with Crippen molar-refractivity contribution in [1.82, 2.24) is 15.0 Å². The van der Waals surface area contributed by atoms with E-state index in [-0.39, 0.29) is 29.6 Å². The van der Waals surface area contributed by atoms with Gasteiger partial charge in [0.2, 0.25) is 17.8 Å². The van der Waals surface area contributed by atoms with Crippen LogP contribution in [0.15, 0.2) is 0 Å². The molecule has 1 heterocycles. The van der Waals surface area contributed by atoms with E-state index in [1.165, 1.54) is 0 Å². The number of anilines is 3. The van der Waals surface area contributed by atoms with Crippen molar-refractivity contribution < 1.29 is 83.8 Å². The number of hydrogen-bond donors (Lipinski definition) is 6. The second-order valence-corrected chi connectivity index (χ2v) is 9.68. The van der Waals surface area contributed by atoms with E-state index < -0.39 is 86.0 Å². The van der Waals surface area contributed by atoms with Crippen LogP contribution in [0.3, 0.4) is 0 Å².